The molecule has 5 nitrogen and oxygen atoms in total. The molecule has 1 aromatic heterocycles. The monoisotopic (exact) mass is 317 g/mol. The maximum atomic E-state index is 11.0. The van der Waals surface area contributed by atoms with Gasteiger partial charge in [-0.2, -0.15) is 5.26 Å². The minimum Gasteiger partial charge on any atom is -0.478 e. The van der Waals surface area contributed by atoms with Crippen LogP contribution in [0.3, 0.4) is 0 Å². The molecule has 0 atom stereocenters. The standard InChI is InChI=1S/C13H8BrN3O2/c14-11-5-4-8(6-10(11)13(18)19)16-12-3-1-2-9(7-15)17-12/h1-6H,(H,16,17)(H,18,19). The predicted octanol–water partition coefficient (Wildman–Crippen LogP) is 3.16. The number of nitrogens with one attached hydrogen (secondary N) is 1. The van der Waals surface area contributed by atoms with Crippen LogP contribution < -0.4 is 5.32 Å². The van der Waals surface area contributed by atoms with Crippen molar-refractivity contribution in [2.75, 3.05) is 5.32 Å². The third-order valence-electron chi connectivity index (χ3n) is 2.33. The fourth-order valence-electron chi connectivity index (χ4n) is 1.48. The van der Waals surface area contributed by atoms with Crippen LogP contribution in [0.1, 0.15) is 16.1 Å². The third-order valence-corrected chi connectivity index (χ3v) is 3.02. The number of hydrogen-bond donors (Lipinski definition) is 2. The molecular formula is C13H8BrN3O2. The number of carboxylic acids is 1. The van der Waals surface area contributed by atoms with E-state index in [1.807, 2.05) is 6.07 Å². The number of pyridine rings is 1. The van der Waals surface area contributed by atoms with Gasteiger partial charge in [-0.1, -0.05) is 6.07 Å². The van der Waals surface area contributed by atoms with Crippen molar-refractivity contribution in [2.24, 2.45) is 0 Å². The molecule has 0 bridgehead atoms. The lowest BCUT2D eigenvalue weighted by Gasteiger charge is -2.07. The molecule has 0 aliphatic rings. The number of nitrogens with zero attached hydrogens (tertiary/aromatic N) is 2. The summed E-state index contributed by atoms with van der Waals surface area (Å²) in [6.07, 6.45) is 0. The van der Waals surface area contributed by atoms with E-state index >= 15 is 0 Å². The van der Waals surface area contributed by atoms with Gasteiger partial charge in [0.05, 0.1) is 5.56 Å². The highest BCUT2D eigenvalue weighted by Crippen LogP contribution is 2.23. The van der Waals surface area contributed by atoms with Crippen LogP contribution in [0.5, 0.6) is 0 Å². The maximum absolute atomic E-state index is 11.0. The van der Waals surface area contributed by atoms with Gasteiger partial charge >= 0.3 is 5.97 Å². The molecule has 2 aromatic rings. The molecular weight excluding hydrogens is 310 g/mol. The van der Waals surface area contributed by atoms with Crippen molar-refractivity contribution in [3.63, 3.8) is 0 Å². The van der Waals surface area contributed by atoms with E-state index in [1.165, 1.54) is 6.07 Å². The highest BCUT2D eigenvalue weighted by molar-refractivity contribution is 9.10. The Morgan fingerprint density at radius 2 is 2.16 bits per heavy atom. The summed E-state index contributed by atoms with van der Waals surface area (Å²) in [7, 11) is 0. The van der Waals surface area contributed by atoms with Crippen LogP contribution in [0.4, 0.5) is 11.5 Å². The smallest absolute Gasteiger partial charge is 0.336 e. The van der Waals surface area contributed by atoms with Gasteiger partial charge < -0.3 is 10.4 Å². The summed E-state index contributed by atoms with van der Waals surface area (Å²) in [4.78, 5) is 15.1. The molecule has 1 aromatic carbocycles. The molecule has 19 heavy (non-hydrogen) atoms. The van der Waals surface area contributed by atoms with E-state index in [-0.39, 0.29) is 5.56 Å². The molecule has 0 spiro atoms. The lowest BCUT2D eigenvalue weighted by molar-refractivity contribution is 0.0696. The van der Waals surface area contributed by atoms with Gasteiger partial charge in [0.2, 0.25) is 0 Å². The van der Waals surface area contributed by atoms with Gasteiger partial charge in [0, 0.05) is 10.2 Å². The Hall–Kier alpha value is -2.39. The van der Waals surface area contributed by atoms with Crippen LogP contribution in [0.2, 0.25) is 0 Å². The highest BCUT2D eigenvalue weighted by atomic mass is 79.9. The molecule has 0 amide bonds. The zero-order valence-corrected chi connectivity index (χ0v) is 11.2. The van der Waals surface area contributed by atoms with E-state index < -0.39 is 5.97 Å². The summed E-state index contributed by atoms with van der Waals surface area (Å²) in [5.41, 5.74) is 1.03. The van der Waals surface area contributed by atoms with E-state index in [2.05, 4.69) is 26.2 Å². The molecule has 94 valence electrons. The summed E-state index contributed by atoms with van der Waals surface area (Å²) in [6.45, 7) is 0. The van der Waals surface area contributed by atoms with Gasteiger partial charge in [-0.3, -0.25) is 0 Å². The molecule has 2 rings (SSSR count). The molecule has 1 heterocycles. The Morgan fingerprint density at radius 3 is 2.84 bits per heavy atom. The average Bonchev–Trinajstić information content (AvgIpc) is 2.41. The lowest BCUT2D eigenvalue weighted by atomic mass is 10.2. The second kappa shape index (κ2) is 5.50. The third kappa shape index (κ3) is 3.09. The normalized spacial score (nSPS) is 9.68. The second-order valence-corrected chi connectivity index (χ2v) is 4.50. The number of rotatable bonds is 3. The molecule has 0 saturated carbocycles. The topological polar surface area (TPSA) is 86.0 Å². The van der Waals surface area contributed by atoms with Crippen LogP contribution in [0, 0.1) is 11.3 Å². The molecule has 0 fully saturated rings. The number of halogens is 1. The maximum Gasteiger partial charge on any atom is 0.336 e. The van der Waals surface area contributed by atoms with Gasteiger partial charge in [0.25, 0.3) is 0 Å². The van der Waals surface area contributed by atoms with Crippen LogP contribution in [0.15, 0.2) is 40.9 Å². The first kappa shape index (κ1) is 13.1. The van der Waals surface area contributed by atoms with Crippen LogP contribution >= 0.6 is 15.9 Å². The molecule has 2 N–H and O–H groups in total. The number of carbonyl (C=O) groups is 1. The van der Waals surface area contributed by atoms with Crippen molar-refractivity contribution < 1.29 is 9.90 Å². The van der Waals surface area contributed by atoms with E-state index in [9.17, 15) is 4.79 Å². The van der Waals surface area contributed by atoms with Crippen molar-refractivity contribution >= 4 is 33.4 Å². The second-order valence-electron chi connectivity index (χ2n) is 3.64. The van der Waals surface area contributed by atoms with Gasteiger partial charge in [-0.15, -0.1) is 0 Å². The lowest BCUT2D eigenvalue weighted by Crippen LogP contribution is -2.00. The van der Waals surface area contributed by atoms with Gasteiger partial charge in [-0.25, -0.2) is 9.78 Å². The average molecular weight is 318 g/mol. The van der Waals surface area contributed by atoms with E-state index in [0.717, 1.165) is 0 Å². The van der Waals surface area contributed by atoms with E-state index in [1.54, 1.807) is 30.3 Å². The number of anilines is 2. The zero-order chi connectivity index (χ0) is 13.8. The van der Waals surface area contributed by atoms with Crippen LogP contribution in [-0.4, -0.2) is 16.1 Å². The van der Waals surface area contributed by atoms with E-state index in [0.29, 0.717) is 21.7 Å². The van der Waals surface area contributed by atoms with Gasteiger partial charge in [0.15, 0.2) is 0 Å². The predicted molar refractivity (Wildman–Crippen MR) is 73.3 cm³/mol. The number of hydrogen-bond acceptors (Lipinski definition) is 4. The minimum absolute atomic E-state index is 0.154. The molecule has 6 heteroatoms. The van der Waals surface area contributed by atoms with Crippen LogP contribution in [-0.2, 0) is 0 Å². The number of nitriles is 1. The summed E-state index contributed by atoms with van der Waals surface area (Å²) >= 11 is 3.17. The number of carboxylic acid groups (broad SMARTS) is 1. The summed E-state index contributed by atoms with van der Waals surface area (Å²) in [6, 6.07) is 11.8. The highest BCUT2D eigenvalue weighted by Gasteiger charge is 2.09. The minimum atomic E-state index is -1.02. The van der Waals surface area contributed by atoms with Gasteiger partial charge in [0.1, 0.15) is 17.6 Å². The fraction of sp³-hybridized carbons (Fsp3) is 0. The Morgan fingerprint density at radius 1 is 1.37 bits per heavy atom. The number of benzene rings is 1. The first-order chi connectivity index (χ1) is 9.10. The number of aromatic nitrogens is 1. The SMILES string of the molecule is N#Cc1cccc(Nc2ccc(Br)c(C(=O)O)c2)n1. The first-order valence-electron chi connectivity index (χ1n) is 5.27. The summed E-state index contributed by atoms with van der Waals surface area (Å²) < 4.78 is 0.504. The molecule has 0 saturated heterocycles. The van der Waals surface area contributed by atoms with Crippen molar-refractivity contribution in [3.8, 4) is 6.07 Å². The summed E-state index contributed by atoms with van der Waals surface area (Å²) in [5.74, 6) is -0.535. The largest absolute Gasteiger partial charge is 0.478 e. The van der Waals surface area contributed by atoms with Crippen molar-refractivity contribution in [1.82, 2.24) is 4.98 Å². The fourth-order valence-corrected chi connectivity index (χ4v) is 1.90. The molecule has 0 radical (unpaired) electrons. The van der Waals surface area contributed by atoms with Crippen LogP contribution in [0.25, 0.3) is 0 Å². The van der Waals surface area contributed by atoms with Crippen molar-refractivity contribution in [2.45, 2.75) is 0 Å². The van der Waals surface area contributed by atoms with Crippen molar-refractivity contribution in [3.05, 3.63) is 52.1 Å². The number of aromatic carboxylic acids is 1. The Bertz CT molecular complexity index is 680. The Kier molecular flexibility index (Phi) is 3.78. The Balaban J connectivity index is 2.31. The summed E-state index contributed by atoms with van der Waals surface area (Å²) in [5, 5.41) is 20.7. The first-order valence-corrected chi connectivity index (χ1v) is 6.06. The molecule has 0 aliphatic heterocycles. The Labute approximate surface area is 117 Å². The quantitative estimate of drug-likeness (QED) is 0.908. The van der Waals surface area contributed by atoms with E-state index in [4.69, 9.17) is 10.4 Å². The zero-order valence-electron chi connectivity index (χ0n) is 9.59. The molecule has 0 unspecified atom stereocenters. The van der Waals surface area contributed by atoms with Gasteiger partial charge in [-0.05, 0) is 46.3 Å². The molecule has 0 aliphatic carbocycles. The van der Waals surface area contributed by atoms with Crippen molar-refractivity contribution in [1.29, 1.82) is 5.26 Å².